The van der Waals surface area contributed by atoms with Gasteiger partial charge in [-0.25, -0.2) is 0 Å². The molecule has 0 atom stereocenters. The van der Waals surface area contributed by atoms with Gasteiger partial charge in [0.2, 0.25) is 5.91 Å². The summed E-state index contributed by atoms with van der Waals surface area (Å²) in [6.45, 7) is 3.99. The molecule has 0 spiro atoms. The molecule has 0 radical (unpaired) electrons. The summed E-state index contributed by atoms with van der Waals surface area (Å²) in [5, 5.41) is 12.5. The largest absolute Gasteiger partial charge is 0.507 e. The topological polar surface area (TPSA) is 49.3 Å². The highest BCUT2D eigenvalue weighted by Crippen LogP contribution is 2.27. The van der Waals surface area contributed by atoms with Crippen LogP contribution in [-0.2, 0) is 4.79 Å². The number of hydrogen-bond donors (Lipinski definition) is 2. The van der Waals surface area contributed by atoms with E-state index in [1.54, 1.807) is 18.2 Å². The Kier molecular flexibility index (Phi) is 4.69. The average Bonchev–Trinajstić information content (AvgIpc) is 2.41. The molecule has 0 fully saturated rings. The molecule has 0 aliphatic rings. The van der Waals surface area contributed by atoms with Gasteiger partial charge in [0, 0.05) is 10.6 Å². The van der Waals surface area contributed by atoms with Gasteiger partial charge in [-0.3, -0.25) is 4.79 Å². The zero-order chi connectivity index (χ0) is 14.5. The summed E-state index contributed by atoms with van der Waals surface area (Å²) < 4.78 is 0. The van der Waals surface area contributed by atoms with Crippen LogP contribution in [0.2, 0.25) is 0 Å². The van der Waals surface area contributed by atoms with Crippen LogP contribution in [0.25, 0.3) is 0 Å². The number of phenols is 1. The van der Waals surface area contributed by atoms with Crippen LogP contribution in [0.4, 0.5) is 5.69 Å². The van der Waals surface area contributed by atoms with Gasteiger partial charge in [0.05, 0.1) is 5.75 Å². The number of anilines is 1. The molecule has 20 heavy (non-hydrogen) atoms. The molecule has 3 nitrogen and oxygen atoms in total. The average molecular weight is 287 g/mol. The van der Waals surface area contributed by atoms with Gasteiger partial charge in [0.15, 0.2) is 0 Å². The van der Waals surface area contributed by atoms with Gasteiger partial charge < -0.3 is 10.4 Å². The zero-order valence-electron chi connectivity index (χ0n) is 11.5. The highest BCUT2D eigenvalue weighted by Gasteiger charge is 2.07. The van der Waals surface area contributed by atoms with Gasteiger partial charge in [0.1, 0.15) is 5.75 Å². The number of amides is 1. The molecule has 1 amide bonds. The molecule has 104 valence electrons. The lowest BCUT2D eigenvalue weighted by atomic mass is 10.1. The Morgan fingerprint density at radius 3 is 2.65 bits per heavy atom. The van der Waals surface area contributed by atoms with Crippen LogP contribution in [0.3, 0.4) is 0 Å². The second-order valence-electron chi connectivity index (χ2n) is 4.62. The third-order valence-corrected chi connectivity index (χ3v) is 3.94. The van der Waals surface area contributed by atoms with Crippen molar-refractivity contribution in [3.05, 3.63) is 53.6 Å². The van der Waals surface area contributed by atoms with Crippen LogP contribution in [0, 0.1) is 13.8 Å². The van der Waals surface area contributed by atoms with E-state index in [4.69, 9.17) is 0 Å². The molecule has 2 N–H and O–H groups in total. The van der Waals surface area contributed by atoms with Crippen molar-refractivity contribution in [3.8, 4) is 5.75 Å². The van der Waals surface area contributed by atoms with Gasteiger partial charge in [-0.2, -0.15) is 0 Å². The van der Waals surface area contributed by atoms with Crippen molar-refractivity contribution in [1.82, 2.24) is 0 Å². The van der Waals surface area contributed by atoms with Crippen LogP contribution in [0.1, 0.15) is 11.1 Å². The number of rotatable bonds is 4. The molecule has 0 bridgehead atoms. The van der Waals surface area contributed by atoms with Gasteiger partial charge >= 0.3 is 0 Å². The third kappa shape index (κ3) is 3.78. The molecule has 2 rings (SSSR count). The van der Waals surface area contributed by atoms with Gasteiger partial charge in [-0.1, -0.05) is 29.8 Å². The fraction of sp³-hybridized carbons (Fsp3) is 0.188. The SMILES string of the molecule is Cc1ccc(NC(=O)CSc2ccccc2O)c(C)c1. The van der Waals surface area contributed by atoms with Crippen molar-refractivity contribution >= 4 is 23.4 Å². The van der Waals surface area contributed by atoms with Crippen molar-refractivity contribution in [2.75, 3.05) is 11.1 Å². The second-order valence-corrected chi connectivity index (χ2v) is 5.64. The number of phenolic OH excluding ortho intramolecular Hbond substituents is 1. The maximum absolute atomic E-state index is 11.9. The van der Waals surface area contributed by atoms with Gasteiger partial charge in [0.25, 0.3) is 0 Å². The molecule has 2 aromatic carbocycles. The Bertz CT molecular complexity index is 626. The lowest BCUT2D eigenvalue weighted by Gasteiger charge is -2.09. The monoisotopic (exact) mass is 287 g/mol. The number of aromatic hydroxyl groups is 1. The summed E-state index contributed by atoms with van der Waals surface area (Å²) >= 11 is 1.32. The number of benzene rings is 2. The quantitative estimate of drug-likeness (QED) is 0.842. The van der Waals surface area contributed by atoms with Crippen LogP contribution >= 0.6 is 11.8 Å². The molecule has 0 aliphatic heterocycles. The molecule has 4 heteroatoms. The van der Waals surface area contributed by atoms with Crippen molar-refractivity contribution < 1.29 is 9.90 Å². The van der Waals surface area contributed by atoms with Crippen LogP contribution in [0.15, 0.2) is 47.4 Å². The smallest absolute Gasteiger partial charge is 0.234 e. The molecule has 2 aromatic rings. The first-order valence-corrected chi connectivity index (χ1v) is 7.33. The highest BCUT2D eigenvalue weighted by molar-refractivity contribution is 8.00. The molecular formula is C16H17NO2S. The lowest BCUT2D eigenvalue weighted by Crippen LogP contribution is -2.14. The second kappa shape index (κ2) is 6.48. The molecular weight excluding hydrogens is 270 g/mol. The number of carbonyl (C=O) groups excluding carboxylic acids is 1. The minimum atomic E-state index is -0.0785. The van der Waals surface area contributed by atoms with Crippen molar-refractivity contribution in [2.24, 2.45) is 0 Å². The Morgan fingerprint density at radius 1 is 1.20 bits per heavy atom. The van der Waals surface area contributed by atoms with Crippen molar-refractivity contribution in [1.29, 1.82) is 0 Å². The number of para-hydroxylation sites is 1. The maximum atomic E-state index is 11.9. The minimum Gasteiger partial charge on any atom is -0.507 e. The zero-order valence-corrected chi connectivity index (χ0v) is 12.3. The fourth-order valence-corrected chi connectivity index (χ4v) is 2.61. The summed E-state index contributed by atoms with van der Waals surface area (Å²) in [5.74, 6) is 0.396. The van der Waals surface area contributed by atoms with E-state index >= 15 is 0 Å². The number of thioether (sulfide) groups is 1. The minimum absolute atomic E-state index is 0.0785. The summed E-state index contributed by atoms with van der Waals surface area (Å²) in [6.07, 6.45) is 0. The van der Waals surface area contributed by atoms with E-state index in [1.807, 2.05) is 38.1 Å². The van der Waals surface area contributed by atoms with Crippen molar-refractivity contribution in [2.45, 2.75) is 18.7 Å². The third-order valence-electron chi connectivity index (χ3n) is 2.88. The predicted octanol–water partition coefficient (Wildman–Crippen LogP) is 3.74. The fourth-order valence-electron chi connectivity index (χ4n) is 1.86. The molecule has 0 saturated heterocycles. The highest BCUT2D eigenvalue weighted by atomic mass is 32.2. The first-order valence-electron chi connectivity index (χ1n) is 6.34. The first-order chi connectivity index (χ1) is 9.56. The van der Waals surface area contributed by atoms with E-state index in [1.165, 1.54) is 17.3 Å². The lowest BCUT2D eigenvalue weighted by molar-refractivity contribution is -0.113. The molecule has 0 heterocycles. The Balaban J connectivity index is 1.94. The molecule has 0 saturated carbocycles. The molecule has 0 aromatic heterocycles. The normalized spacial score (nSPS) is 10.3. The van der Waals surface area contributed by atoms with Crippen LogP contribution < -0.4 is 5.32 Å². The van der Waals surface area contributed by atoms with Gasteiger partial charge in [-0.15, -0.1) is 11.8 Å². The van der Waals surface area contributed by atoms with Crippen molar-refractivity contribution in [3.63, 3.8) is 0 Å². The number of aryl methyl sites for hydroxylation is 2. The first kappa shape index (κ1) is 14.5. The van der Waals surface area contributed by atoms with E-state index in [0.717, 1.165) is 11.3 Å². The number of carbonyl (C=O) groups is 1. The number of nitrogens with one attached hydrogen (secondary N) is 1. The Morgan fingerprint density at radius 2 is 1.95 bits per heavy atom. The van der Waals surface area contributed by atoms with E-state index < -0.39 is 0 Å². The Hall–Kier alpha value is -1.94. The molecule has 0 aliphatic carbocycles. The number of hydrogen-bond acceptors (Lipinski definition) is 3. The van der Waals surface area contributed by atoms with Crippen LogP contribution in [-0.4, -0.2) is 16.8 Å². The summed E-state index contributed by atoms with van der Waals surface area (Å²) in [4.78, 5) is 12.6. The summed E-state index contributed by atoms with van der Waals surface area (Å²) in [5.41, 5.74) is 3.05. The van der Waals surface area contributed by atoms with E-state index in [2.05, 4.69) is 5.32 Å². The standard InChI is InChI=1S/C16H17NO2S/c1-11-7-8-13(12(2)9-11)17-16(19)10-20-15-6-4-3-5-14(15)18/h3-9,18H,10H2,1-2H3,(H,17,19). The van der Waals surface area contributed by atoms with E-state index in [0.29, 0.717) is 4.90 Å². The van der Waals surface area contributed by atoms with Crippen LogP contribution in [0.5, 0.6) is 5.75 Å². The summed E-state index contributed by atoms with van der Waals surface area (Å²) in [6, 6.07) is 12.9. The van der Waals surface area contributed by atoms with Gasteiger partial charge in [-0.05, 0) is 37.6 Å². The molecule has 0 unspecified atom stereocenters. The summed E-state index contributed by atoms with van der Waals surface area (Å²) in [7, 11) is 0. The van der Waals surface area contributed by atoms with E-state index in [9.17, 15) is 9.90 Å². The predicted molar refractivity (Wildman–Crippen MR) is 83.4 cm³/mol. The maximum Gasteiger partial charge on any atom is 0.234 e. The Labute approximate surface area is 123 Å². The van der Waals surface area contributed by atoms with E-state index in [-0.39, 0.29) is 17.4 Å².